The smallest absolute Gasteiger partial charge is 0.485 e. The number of thiazole rings is 1. The molecular weight excluding hydrogens is 605 g/mol. The zero-order chi connectivity index (χ0) is 30.0. The van der Waals surface area contributed by atoms with Gasteiger partial charge in [0.1, 0.15) is 18.8 Å². The number of carbonyl (C=O) groups excluding carboxylic acids is 2. The van der Waals surface area contributed by atoms with E-state index in [2.05, 4.69) is 15.5 Å². The minimum atomic E-state index is -6.09. The number of fused-ring (bicyclic) bond motifs is 1. The number of thioether (sulfide) groups is 1. The largest absolute Gasteiger partial charge is 0.741 e. The van der Waals surface area contributed by atoms with Crippen molar-refractivity contribution in [3.05, 3.63) is 46.9 Å². The van der Waals surface area contributed by atoms with Crippen LogP contribution in [0, 0.1) is 6.92 Å². The molecule has 0 aromatic carbocycles. The van der Waals surface area contributed by atoms with Crippen molar-refractivity contribution in [3.8, 4) is 0 Å². The van der Waals surface area contributed by atoms with Crippen molar-refractivity contribution in [3.63, 3.8) is 0 Å². The standard InChI is InChI=1S/C19H18N6O5S2.CHF3O3S/c1-9-5-3-4-6-24(9)17-14(18(28)29)25-11(8-31-17)13(16(25)27)22-15(26)12(23-30-2)10-7-32-19(20)21-10;2-1(3,4)8(5,6)7/h3-7,11,13H,8H2,1-2H3,(H3-,20,21,22,26,28,29);(H,5,6,7). The maximum Gasteiger partial charge on any atom is 0.485 e. The highest BCUT2D eigenvalue weighted by Gasteiger charge is 2.56. The van der Waals surface area contributed by atoms with Gasteiger partial charge < -0.3 is 25.5 Å². The normalized spacial score (nSPS) is 19.2. The van der Waals surface area contributed by atoms with Crippen molar-refractivity contribution in [1.29, 1.82) is 0 Å². The first-order valence-corrected chi connectivity index (χ1v) is 13.9. The molecule has 40 heavy (non-hydrogen) atoms. The summed E-state index contributed by atoms with van der Waals surface area (Å²) in [6.07, 6.45) is 1.75. The Hall–Kier alpha value is -3.75. The number of aryl methyl sites for hydroxylation is 1. The summed E-state index contributed by atoms with van der Waals surface area (Å²) in [4.78, 5) is 47.8. The van der Waals surface area contributed by atoms with E-state index in [1.165, 1.54) is 23.8 Å². The van der Waals surface area contributed by atoms with Crippen molar-refractivity contribution in [1.82, 2.24) is 15.2 Å². The van der Waals surface area contributed by atoms with E-state index >= 15 is 0 Å². The number of oxime groups is 1. The molecule has 2 aromatic rings. The van der Waals surface area contributed by atoms with Gasteiger partial charge in [0.2, 0.25) is 5.70 Å². The number of nitrogens with zero attached hydrogens (tertiary/aromatic N) is 4. The summed E-state index contributed by atoms with van der Waals surface area (Å²) in [5, 5.41) is 18.5. The number of hydrogen-bond acceptors (Lipinski definition) is 12. The number of alkyl halides is 3. The van der Waals surface area contributed by atoms with Crippen LogP contribution < -0.4 is 15.6 Å². The lowest BCUT2D eigenvalue weighted by atomic mass is 9.94. The highest BCUT2D eigenvalue weighted by Crippen LogP contribution is 2.39. The molecule has 1 fully saturated rings. The highest BCUT2D eigenvalue weighted by atomic mass is 32.2. The first-order chi connectivity index (χ1) is 18.6. The fourth-order valence-corrected chi connectivity index (χ4v) is 5.41. The summed E-state index contributed by atoms with van der Waals surface area (Å²) in [5.41, 5.74) is 0.794. The minimum absolute atomic E-state index is 0.112. The molecule has 2 amide bonds. The Kier molecular flexibility index (Phi) is 9.07. The van der Waals surface area contributed by atoms with E-state index in [0.717, 1.165) is 17.0 Å². The van der Waals surface area contributed by atoms with Crippen molar-refractivity contribution >= 4 is 66.9 Å². The zero-order valence-corrected chi connectivity index (χ0v) is 22.7. The zero-order valence-electron chi connectivity index (χ0n) is 20.3. The number of carbonyl (C=O) groups is 3. The Morgan fingerprint density at radius 1 is 1.38 bits per heavy atom. The number of nitrogens with two attached hydrogens (primary N) is 1. The maximum atomic E-state index is 12.9. The van der Waals surface area contributed by atoms with Crippen LogP contribution in [0.25, 0.3) is 5.03 Å². The van der Waals surface area contributed by atoms with Gasteiger partial charge in [-0.15, -0.1) is 11.3 Å². The van der Waals surface area contributed by atoms with Gasteiger partial charge in [0, 0.05) is 30.2 Å². The predicted molar refractivity (Wildman–Crippen MR) is 133 cm³/mol. The molecule has 14 nitrogen and oxygen atoms in total. The molecule has 216 valence electrons. The van der Waals surface area contributed by atoms with Crippen LogP contribution >= 0.6 is 23.1 Å². The fourth-order valence-electron chi connectivity index (χ4n) is 3.52. The lowest BCUT2D eigenvalue weighted by molar-refractivity contribution is -0.581. The summed E-state index contributed by atoms with van der Waals surface area (Å²) < 4.78 is 60.6. The van der Waals surface area contributed by atoms with E-state index in [9.17, 15) is 32.7 Å². The number of amides is 2. The second kappa shape index (κ2) is 11.8. The van der Waals surface area contributed by atoms with Crippen LogP contribution in [-0.4, -0.2) is 81.9 Å². The van der Waals surface area contributed by atoms with Crippen molar-refractivity contribution in [2.45, 2.75) is 24.5 Å². The van der Waals surface area contributed by atoms with Gasteiger partial charge in [0.05, 0.1) is 6.04 Å². The second-order valence-electron chi connectivity index (χ2n) is 7.80. The molecule has 0 aliphatic carbocycles. The molecule has 2 aliphatic heterocycles. The van der Waals surface area contributed by atoms with Gasteiger partial charge in [-0.05, 0) is 0 Å². The molecule has 0 saturated carbocycles. The van der Waals surface area contributed by atoms with Crippen LogP contribution in [0.3, 0.4) is 0 Å². The van der Waals surface area contributed by atoms with Gasteiger partial charge in [-0.1, -0.05) is 23.0 Å². The molecule has 0 radical (unpaired) electrons. The van der Waals surface area contributed by atoms with Crippen molar-refractivity contribution in [2.75, 3.05) is 18.6 Å². The van der Waals surface area contributed by atoms with E-state index in [-0.39, 0.29) is 22.2 Å². The predicted octanol–water partition coefficient (Wildman–Crippen LogP) is 0.0764. The summed E-state index contributed by atoms with van der Waals surface area (Å²) in [6.45, 7) is 1.85. The number of anilines is 1. The van der Waals surface area contributed by atoms with Gasteiger partial charge >= 0.3 is 11.5 Å². The summed E-state index contributed by atoms with van der Waals surface area (Å²) >= 11 is 2.45. The van der Waals surface area contributed by atoms with Crippen LogP contribution in [0.4, 0.5) is 18.3 Å². The Morgan fingerprint density at radius 3 is 2.52 bits per heavy atom. The van der Waals surface area contributed by atoms with E-state index in [0.29, 0.717) is 10.8 Å². The summed E-state index contributed by atoms with van der Waals surface area (Å²) in [6, 6.07) is 4.07. The topological polar surface area (TPSA) is 208 Å². The number of rotatable bonds is 6. The number of β-lactam (4-membered cyclic amide) rings is 1. The molecule has 4 rings (SSSR count). The number of carboxylic acid groups (broad SMARTS) is 1. The third kappa shape index (κ3) is 6.35. The maximum absolute atomic E-state index is 12.9. The average Bonchev–Trinajstić information content (AvgIpc) is 3.29. The molecule has 2 unspecified atom stereocenters. The second-order valence-corrected chi connectivity index (χ2v) is 11.1. The molecule has 2 atom stereocenters. The number of pyridine rings is 1. The molecule has 1 saturated heterocycles. The number of aliphatic carboxylic acids is 1. The van der Waals surface area contributed by atoms with Gasteiger partial charge in [0.25, 0.3) is 16.8 Å². The Bertz CT molecular complexity index is 1510. The monoisotopic (exact) mass is 624 g/mol. The third-order valence-electron chi connectivity index (χ3n) is 5.27. The van der Waals surface area contributed by atoms with E-state index < -0.39 is 45.5 Å². The van der Waals surface area contributed by atoms with Crippen LogP contribution in [0.5, 0.6) is 0 Å². The fraction of sp³-hybridized carbons (Fsp3) is 0.300. The van der Waals surface area contributed by atoms with Gasteiger partial charge in [-0.25, -0.2) is 18.2 Å². The first-order valence-electron chi connectivity index (χ1n) is 10.6. The first kappa shape index (κ1) is 30.8. The molecule has 2 aliphatic rings. The number of aromatic nitrogens is 2. The number of nitrogen functional groups attached to an aromatic ring is 1. The SMILES string of the molecule is CON=C(C(=O)NC1C(=O)N2C(C(=O)O)=C([n+]3ccccc3C)SCC12)c1csc(N)n1.O=S(=O)([O-])C(F)(F)F. The molecule has 4 N–H and O–H groups in total. The van der Waals surface area contributed by atoms with Gasteiger partial charge in [-0.3, -0.25) is 14.5 Å². The average molecular weight is 625 g/mol. The molecule has 0 bridgehead atoms. The Balaban J connectivity index is 0.000000482. The van der Waals surface area contributed by atoms with E-state index in [1.807, 2.05) is 19.1 Å². The van der Waals surface area contributed by atoms with Crippen LogP contribution in [0.15, 0.2) is 40.6 Å². The van der Waals surface area contributed by atoms with E-state index in [4.69, 9.17) is 23.5 Å². The quantitative estimate of drug-likeness (QED) is 0.0979. The van der Waals surface area contributed by atoms with E-state index in [1.54, 1.807) is 22.2 Å². The van der Waals surface area contributed by atoms with Gasteiger partial charge in [-0.2, -0.15) is 17.7 Å². The lowest BCUT2D eigenvalue weighted by Gasteiger charge is -2.48. The number of halogens is 3. The van der Waals surface area contributed by atoms with Crippen molar-refractivity contribution < 1.29 is 55.0 Å². The van der Waals surface area contributed by atoms with Crippen LogP contribution in [-0.2, 0) is 29.3 Å². The Morgan fingerprint density at radius 2 is 2.02 bits per heavy atom. The van der Waals surface area contributed by atoms with Crippen molar-refractivity contribution in [2.24, 2.45) is 5.16 Å². The van der Waals surface area contributed by atoms with Crippen LogP contribution in [0.2, 0.25) is 0 Å². The van der Waals surface area contributed by atoms with Crippen LogP contribution in [0.1, 0.15) is 11.4 Å². The number of hydrogen-bond donors (Lipinski definition) is 3. The molecule has 20 heteroatoms. The minimum Gasteiger partial charge on any atom is -0.741 e. The lowest BCUT2D eigenvalue weighted by Crippen LogP contribution is -2.73. The Labute approximate surface area is 232 Å². The van der Waals surface area contributed by atoms with Gasteiger partial charge in [0.15, 0.2) is 32.9 Å². The number of nitrogens with one attached hydrogen (secondary N) is 1. The highest BCUT2D eigenvalue weighted by molar-refractivity contribution is 8.07. The third-order valence-corrected chi connectivity index (χ3v) is 7.68. The number of carboxylic acids is 1. The molecule has 2 aromatic heterocycles. The summed E-state index contributed by atoms with van der Waals surface area (Å²) in [5.74, 6) is -1.99. The summed E-state index contributed by atoms with van der Waals surface area (Å²) in [7, 11) is -4.81. The molecule has 0 spiro atoms. The molecular formula is C20H19F3N6O8S3. The molecule has 4 heterocycles.